The number of unbranched alkanes of at least 4 members (excludes halogenated alkanes) is 2. The lowest BCUT2D eigenvalue weighted by atomic mass is 9.93. The standard InChI is InChI=1S/C21H33N3O4/c22-9-4-1-5-11-28-14-18-20(26)21(27)19(25)13-24(18)10-8-15-12-23-17-7-3-2-6-16(15)17/h2-3,6-7,12,18-21,23,25-27H,1,4-5,8-11,13-14,22H2/t18-,19-,20-,21-/m1/s1. The van der Waals surface area contributed by atoms with Gasteiger partial charge in [0.25, 0.3) is 0 Å². The minimum Gasteiger partial charge on any atom is -0.389 e. The zero-order chi connectivity index (χ0) is 19.9. The molecule has 2 aromatic rings. The number of likely N-dealkylation sites (tertiary alicyclic amines) is 1. The highest BCUT2D eigenvalue weighted by Gasteiger charge is 2.41. The molecule has 0 aliphatic carbocycles. The summed E-state index contributed by atoms with van der Waals surface area (Å²) in [5.41, 5.74) is 7.80. The summed E-state index contributed by atoms with van der Waals surface area (Å²) in [6.45, 7) is 2.62. The van der Waals surface area contributed by atoms with E-state index in [4.69, 9.17) is 10.5 Å². The minimum absolute atomic E-state index is 0.321. The van der Waals surface area contributed by atoms with E-state index in [1.54, 1.807) is 0 Å². The lowest BCUT2D eigenvalue weighted by Gasteiger charge is -2.43. The third-order valence-electron chi connectivity index (χ3n) is 5.65. The summed E-state index contributed by atoms with van der Waals surface area (Å²) in [6.07, 6.45) is 2.60. The fourth-order valence-electron chi connectivity index (χ4n) is 3.95. The number of aliphatic hydroxyl groups is 3. The molecule has 3 rings (SSSR count). The molecular formula is C21H33N3O4. The molecule has 1 fully saturated rings. The van der Waals surface area contributed by atoms with Crippen LogP contribution in [0.25, 0.3) is 10.9 Å². The van der Waals surface area contributed by atoms with Gasteiger partial charge < -0.3 is 30.8 Å². The zero-order valence-electron chi connectivity index (χ0n) is 16.3. The van der Waals surface area contributed by atoms with Crippen LogP contribution in [-0.4, -0.2) is 82.4 Å². The highest BCUT2D eigenvalue weighted by molar-refractivity contribution is 5.83. The molecule has 1 saturated heterocycles. The van der Waals surface area contributed by atoms with Gasteiger partial charge in [-0.25, -0.2) is 0 Å². The van der Waals surface area contributed by atoms with Crippen molar-refractivity contribution < 1.29 is 20.1 Å². The Morgan fingerprint density at radius 2 is 1.93 bits per heavy atom. The Bertz CT molecular complexity index is 722. The van der Waals surface area contributed by atoms with Crippen molar-refractivity contribution in [2.24, 2.45) is 5.73 Å². The van der Waals surface area contributed by atoms with Gasteiger partial charge in [0, 0.05) is 36.8 Å². The number of nitrogens with zero attached hydrogens (tertiary/aromatic N) is 1. The van der Waals surface area contributed by atoms with E-state index in [0.717, 1.165) is 31.2 Å². The number of nitrogens with two attached hydrogens (primary N) is 1. The van der Waals surface area contributed by atoms with Gasteiger partial charge in [0.1, 0.15) is 12.2 Å². The van der Waals surface area contributed by atoms with Crippen molar-refractivity contribution in [2.45, 2.75) is 50.0 Å². The van der Waals surface area contributed by atoms with E-state index in [9.17, 15) is 15.3 Å². The van der Waals surface area contributed by atoms with Gasteiger partial charge in [-0.2, -0.15) is 0 Å². The number of H-pyrrole nitrogens is 1. The van der Waals surface area contributed by atoms with Crippen LogP contribution in [0.2, 0.25) is 0 Å². The van der Waals surface area contributed by atoms with Gasteiger partial charge in [-0.15, -0.1) is 0 Å². The first-order valence-electron chi connectivity index (χ1n) is 10.2. The number of β-amino-alcohol motifs (C(OH)–C–C–N with tert-alkyl or cyclic N) is 1. The van der Waals surface area contributed by atoms with Gasteiger partial charge in [0.2, 0.25) is 0 Å². The maximum atomic E-state index is 10.5. The molecule has 0 amide bonds. The smallest absolute Gasteiger partial charge is 0.109 e. The molecule has 1 aliphatic heterocycles. The Labute approximate surface area is 166 Å². The van der Waals surface area contributed by atoms with Crippen LogP contribution in [0.4, 0.5) is 0 Å². The van der Waals surface area contributed by atoms with Crippen LogP contribution in [0.15, 0.2) is 30.5 Å². The number of ether oxygens (including phenoxy) is 1. The second-order valence-electron chi connectivity index (χ2n) is 7.64. The van der Waals surface area contributed by atoms with E-state index in [0.29, 0.717) is 32.8 Å². The average Bonchev–Trinajstić information content (AvgIpc) is 3.12. The molecule has 2 heterocycles. The van der Waals surface area contributed by atoms with Gasteiger partial charge in [0.05, 0.1) is 18.8 Å². The molecule has 0 radical (unpaired) electrons. The molecule has 156 valence electrons. The molecule has 6 N–H and O–H groups in total. The summed E-state index contributed by atoms with van der Waals surface area (Å²) in [5, 5.41) is 31.9. The number of hydrogen-bond donors (Lipinski definition) is 5. The Morgan fingerprint density at radius 3 is 2.75 bits per heavy atom. The SMILES string of the molecule is NCCCCCOC[C@@H]1[C@@H](O)[C@H](O)[C@H](O)CN1CCc1c[nH]c2ccccc12. The summed E-state index contributed by atoms with van der Waals surface area (Å²) in [7, 11) is 0. The second kappa shape index (κ2) is 10.3. The molecule has 1 aliphatic rings. The van der Waals surface area contributed by atoms with Gasteiger partial charge >= 0.3 is 0 Å². The molecule has 0 bridgehead atoms. The third-order valence-corrected chi connectivity index (χ3v) is 5.65. The van der Waals surface area contributed by atoms with Crippen LogP contribution in [0.3, 0.4) is 0 Å². The van der Waals surface area contributed by atoms with Crippen molar-refractivity contribution in [1.29, 1.82) is 0 Å². The summed E-state index contributed by atoms with van der Waals surface area (Å²) < 4.78 is 5.77. The molecule has 1 aromatic carbocycles. The first-order chi connectivity index (χ1) is 13.6. The number of fused-ring (bicyclic) bond motifs is 1. The van der Waals surface area contributed by atoms with Crippen molar-refractivity contribution >= 4 is 10.9 Å². The molecular weight excluding hydrogens is 358 g/mol. The second-order valence-corrected chi connectivity index (χ2v) is 7.64. The van der Waals surface area contributed by atoms with Crippen LogP contribution < -0.4 is 5.73 Å². The minimum atomic E-state index is -1.14. The third kappa shape index (κ3) is 5.11. The lowest BCUT2D eigenvalue weighted by Crippen LogP contribution is -2.63. The number of aromatic nitrogens is 1. The number of benzene rings is 1. The molecule has 4 atom stereocenters. The summed E-state index contributed by atoms with van der Waals surface area (Å²) >= 11 is 0. The Kier molecular flexibility index (Phi) is 7.84. The number of hydrogen-bond acceptors (Lipinski definition) is 6. The maximum Gasteiger partial charge on any atom is 0.109 e. The van der Waals surface area contributed by atoms with Crippen LogP contribution in [0.1, 0.15) is 24.8 Å². The van der Waals surface area contributed by atoms with Crippen molar-refractivity contribution in [2.75, 3.05) is 32.8 Å². The number of para-hydroxylation sites is 1. The van der Waals surface area contributed by atoms with E-state index >= 15 is 0 Å². The van der Waals surface area contributed by atoms with Gasteiger partial charge in [-0.1, -0.05) is 18.2 Å². The highest BCUT2D eigenvalue weighted by atomic mass is 16.5. The zero-order valence-corrected chi connectivity index (χ0v) is 16.3. The number of aliphatic hydroxyl groups excluding tert-OH is 3. The lowest BCUT2D eigenvalue weighted by molar-refractivity contribution is -0.149. The van der Waals surface area contributed by atoms with Gasteiger partial charge in [-0.05, 0) is 43.9 Å². The van der Waals surface area contributed by atoms with Crippen molar-refractivity contribution in [3.63, 3.8) is 0 Å². The Morgan fingerprint density at radius 1 is 1.11 bits per heavy atom. The first-order valence-corrected chi connectivity index (χ1v) is 10.2. The van der Waals surface area contributed by atoms with Crippen LogP contribution in [0.5, 0.6) is 0 Å². The summed E-state index contributed by atoms with van der Waals surface area (Å²) in [4.78, 5) is 5.31. The average molecular weight is 392 g/mol. The van der Waals surface area contributed by atoms with Crippen molar-refractivity contribution in [3.05, 3.63) is 36.0 Å². The largest absolute Gasteiger partial charge is 0.389 e. The van der Waals surface area contributed by atoms with Crippen molar-refractivity contribution in [3.8, 4) is 0 Å². The Balaban J connectivity index is 1.58. The van der Waals surface area contributed by atoms with E-state index in [2.05, 4.69) is 11.1 Å². The van der Waals surface area contributed by atoms with Crippen molar-refractivity contribution in [1.82, 2.24) is 9.88 Å². The molecule has 7 nitrogen and oxygen atoms in total. The number of rotatable bonds is 10. The highest BCUT2D eigenvalue weighted by Crippen LogP contribution is 2.22. The first kappa shape index (κ1) is 21.2. The summed E-state index contributed by atoms with van der Waals surface area (Å²) in [5.74, 6) is 0. The van der Waals surface area contributed by atoms with Crippen LogP contribution in [0, 0.1) is 0 Å². The molecule has 0 saturated carbocycles. The quantitative estimate of drug-likeness (QED) is 0.379. The topological polar surface area (TPSA) is 115 Å². The normalized spacial score (nSPS) is 26.1. The molecule has 7 heteroatoms. The van der Waals surface area contributed by atoms with Gasteiger partial charge in [-0.3, -0.25) is 4.90 Å². The number of aromatic amines is 1. The van der Waals surface area contributed by atoms with E-state index in [-0.39, 0.29) is 6.04 Å². The van der Waals surface area contributed by atoms with E-state index in [1.165, 1.54) is 10.9 Å². The Hall–Kier alpha value is -1.48. The number of piperidine rings is 1. The monoisotopic (exact) mass is 391 g/mol. The number of nitrogens with one attached hydrogen (secondary N) is 1. The molecule has 0 spiro atoms. The van der Waals surface area contributed by atoms with Gasteiger partial charge in [0.15, 0.2) is 0 Å². The molecule has 1 aromatic heterocycles. The fourth-order valence-corrected chi connectivity index (χ4v) is 3.95. The summed E-state index contributed by atoms with van der Waals surface area (Å²) in [6, 6.07) is 7.82. The predicted molar refractivity (Wildman–Crippen MR) is 109 cm³/mol. The van der Waals surface area contributed by atoms with E-state index in [1.807, 2.05) is 29.3 Å². The van der Waals surface area contributed by atoms with Crippen LogP contribution in [-0.2, 0) is 11.2 Å². The fraction of sp³-hybridized carbons (Fsp3) is 0.619. The molecule has 0 unspecified atom stereocenters. The van der Waals surface area contributed by atoms with E-state index < -0.39 is 18.3 Å². The molecule has 28 heavy (non-hydrogen) atoms. The van der Waals surface area contributed by atoms with Crippen LogP contribution >= 0.6 is 0 Å². The predicted octanol–water partition coefficient (Wildman–Crippen LogP) is 0.623. The maximum absolute atomic E-state index is 10.5.